The summed E-state index contributed by atoms with van der Waals surface area (Å²) in [6.07, 6.45) is 0.903. The summed E-state index contributed by atoms with van der Waals surface area (Å²) in [5.74, 6) is 2.14. The Morgan fingerprint density at radius 1 is 1.06 bits per heavy atom. The van der Waals surface area contributed by atoms with Gasteiger partial charge in [0, 0.05) is 50.5 Å². The molecule has 1 aromatic heterocycles. The summed E-state index contributed by atoms with van der Waals surface area (Å²) in [6.45, 7) is 5.89. The number of benzene rings is 2. The van der Waals surface area contributed by atoms with E-state index in [2.05, 4.69) is 38.3 Å². The molecule has 11 heteroatoms. The molecule has 11 nitrogen and oxygen atoms in total. The summed E-state index contributed by atoms with van der Waals surface area (Å²) in [4.78, 5) is 9.12. The molecule has 0 spiro atoms. The van der Waals surface area contributed by atoms with Gasteiger partial charge in [-0.05, 0) is 37.7 Å². The summed E-state index contributed by atoms with van der Waals surface area (Å²) < 4.78 is 18.7. The van der Waals surface area contributed by atoms with Gasteiger partial charge in [0.25, 0.3) is 0 Å². The Morgan fingerprint density at radius 3 is 2.44 bits per heavy atom. The van der Waals surface area contributed by atoms with Crippen molar-refractivity contribution in [2.24, 2.45) is 0 Å². The van der Waals surface area contributed by atoms with Crippen LogP contribution >= 0.6 is 0 Å². The van der Waals surface area contributed by atoms with E-state index >= 15 is 0 Å². The van der Waals surface area contributed by atoms with Gasteiger partial charge in [-0.25, -0.2) is 0 Å². The van der Waals surface area contributed by atoms with E-state index in [4.69, 9.17) is 25.2 Å². The molecule has 0 aliphatic carbocycles. The standard InChI is InChI=1S/C25H32N8O3/c1-31-10-12-32(13-11-31)9-4-14-36-22-16-19(15-21(34-2)23(22)35-3)28-25-29-24(27)33(30-25)20-7-5-18(17-26)6-8-20/h5-8,15-16H,4,9-14H2,1-3H3,(H3,27,28,29,30). The van der Waals surface area contributed by atoms with E-state index < -0.39 is 0 Å². The maximum atomic E-state index is 9.01. The summed E-state index contributed by atoms with van der Waals surface area (Å²) in [6, 6.07) is 12.6. The molecule has 1 aliphatic heterocycles. The van der Waals surface area contributed by atoms with Crippen molar-refractivity contribution in [3.63, 3.8) is 0 Å². The number of rotatable bonds is 10. The molecule has 0 radical (unpaired) electrons. The number of piperazine rings is 1. The maximum absolute atomic E-state index is 9.01. The largest absolute Gasteiger partial charge is 0.493 e. The first kappa shape index (κ1) is 25.1. The zero-order valence-electron chi connectivity index (χ0n) is 20.9. The lowest BCUT2D eigenvalue weighted by atomic mass is 10.2. The van der Waals surface area contributed by atoms with Crippen LogP contribution in [-0.4, -0.2) is 85.2 Å². The van der Waals surface area contributed by atoms with Crippen LogP contribution in [0.4, 0.5) is 17.6 Å². The van der Waals surface area contributed by atoms with Crippen LogP contribution in [-0.2, 0) is 0 Å². The van der Waals surface area contributed by atoms with Crippen molar-refractivity contribution in [2.75, 3.05) is 71.6 Å². The first-order valence-electron chi connectivity index (χ1n) is 11.8. The molecule has 4 rings (SSSR count). The number of methoxy groups -OCH3 is 2. The lowest BCUT2D eigenvalue weighted by Crippen LogP contribution is -2.44. The average molecular weight is 493 g/mol. The topological polar surface area (TPSA) is 127 Å². The van der Waals surface area contributed by atoms with Gasteiger partial charge in [0.1, 0.15) is 0 Å². The Hall–Kier alpha value is -4.01. The number of hydrogen-bond acceptors (Lipinski definition) is 10. The minimum absolute atomic E-state index is 0.211. The van der Waals surface area contributed by atoms with Crippen LogP contribution in [0.2, 0.25) is 0 Å². The Morgan fingerprint density at radius 2 is 1.78 bits per heavy atom. The SMILES string of the molecule is COc1cc(Nc2nc(N)n(-c3ccc(C#N)cc3)n2)cc(OCCCN2CCN(C)CC2)c1OC. The predicted molar refractivity (Wildman–Crippen MR) is 137 cm³/mol. The minimum atomic E-state index is 0.211. The molecule has 0 bridgehead atoms. The third-order valence-corrected chi connectivity index (χ3v) is 6.05. The van der Waals surface area contributed by atoms with Crippen molar-refractivity contribution < 1.29 is 14.2 Å². The molecular formula is C25H32N8O3. The summed E-state index contributed by atoms with van der Waals surface area (Å²) >= 11 is 0. The molecular weight excluding hydrogens is 460 g/mol. The summed E-state index contributed by atoms with van der Waals surface area (Å²) in [5.41, 5.74) is 8.00. The lowest BCUT2D eigenvalue weighted by Gasteiger charge is -2.32. The average Bonchev–Trinajstić information content (AvgIpc) is 3.26. The first-order valence-corrected chi connectivity index (χ1v) is 11.8. The second-order valence-corrected chi connectivity index (χ2v) is 8.55. The van der Waals surface area contributed by atoms with Gasteiger partial charge in [-0.15, -0.1) is 5.10 Å². The second-order valence-electron chi connectivity index (χ2n) is 8.55. The van der Waals surface area contributed by atoms with Gasteiger partial charge in [0.15, 0.2) is 11.5 Å². The number of nitrogens with zero attached hydrogens (tertiary/aromatic N) is 6. The fourth-order valence-electron chi connectivity index (χ4n) is 4.02. The fraction of sp³-hybridized carbons (Fsp3) is 0.400. The van der Waals surface area contributed by atoms with Gasteiger partial charge in [0.2, 0.25) is 17.6 Å². The van der Waals surface area contributed by atoms with E-state index in [-0.39, 0.29) is 5.95 Å². The first-order chi connectivity index (χ1) is 17.5. The minimum Gasteiger partial charge on any atom is -0.493 e. The van der Waals surface area contributed by atoms with Crippen LogP contribution in [0.25, 0.3) is 5.69 Å². The molecule has 36 heavy (non-hydrogen) atoms. The Labute approximate surface area is 211 Å². The monoisotopic (exact) mass is 492 g/mol. The molecule has 0 saturated carbocycles. The Bertz CT molecular complexity index is 1200. The molecule has 2 aromatic carbocycles. The molecule has 1 aliphatic rings. The highest BCUT2D eigenvalue weighted by molar-refractivity contribution is 5.66. The molecule has 190 valence electrons. The number of aromatic nitrogens is 3. The number of nitrogen functional groups attached to an aromatic ring is 1. The predicted octanol–water partition coefficient (Wildman–Crippen LogP) is 2.50. The van der Waals surface area contributed by atoms with Crippen LogP contribution in [0, 0.1) is 11.3 Å². The Balaban J connectivity index is 1.45. The Kier molecular flexibility index (Phi) is 8.10. The lowest BCUT2D eigenvalue weighted by molar-refractivity contribution is 0.145. The van der Waals surface area contributed by atoms with E-state index in [1.165, 1.54) is 4.68 Å². The smallest absolute Gasteiger partial charge is 0.248 e. The van der Waals surface area contributed by atoms with Crippen LogP contribution in [0.5, 0.6) is 17.2 Å². The highest BCUT2D eigenvalue weighted by Gasteiger charge is 2.17. The van der Waals surface area contributed by atoms with Crippen LogP contribution in [0.1, 0.15) is 12.0 Å². The number of hydrogen-bond donors (Lipinski definition) is 2. The molecule has 1 fully saturated rings. The molecule has 3 N–H and O–H groups in total. The van der Waals surface area contributed by atoms with E-state index in [1.807, 2.05) is 6.07 Å². The normalized spacial score (nSPS) is 14.3. The van der Waals surface area contributed by atoms with Gasteiger partial charge < -0.3 is 35.1 Å². The number of likely N-dealkylation sites (N-methyl/N-ethyl adjacent to an activating group) is 1. The molecule has 2 heterocycles. The van der Waals surface area contributed by atoms with E-state index in [9.17, 15) is 0 Å². The van der Waals surface area contributed by atoms with Gasteiger partial charge in [-0.1, -0.05) is 0 Å². The van der Waals surface area contributed by atoms with Crippen molar-refractivity contribution in [2.45, 2.75) is 6.42 Å². The fourth-order valence-corrected chi connectivity index (χ4v) is 4.02. The van der Waals surface area contributed by atoms with E-state index in [0.717, 1.165) is 39.1 Å². The van der Waals surface area contributed by atoms with Crippen molar-refractivity contribution in [3.8, 4) is 29.0 Å². The van der Waals surface area contributed by atoms with Crippen LogP contribution in [0.3, 0.4) is 0 Å². The molecule has 0 amide bonds. The highest BCUT2D eigenvalue weighted by Crippen LogP contribution is 2.40. The summed E-state index contributed by atoms with van der Waals surface area (Å²) in [7, 11) is 5.32. The third kappa shape index (κ3) is 5.97. The van der Waals surface area contributed by atoms with Crippen molar-refractivity contribution >= 4 is 17.6 Å². The van der Waals surface area contributed by atoms with Crippen LogP contribution < -0.4 is 25.3 Å². The third-order valence-electron chi connectivity index (χ3n) is 6.05. The number of nitrogens with one attached hydrogen (secondary N) is 1. The van der Waals surface area contributed by atoms with E-state index in [1.54, 1.807) is 44.6 Å². The van der Waals surface area contributed by atoms with Crippen molar-refractivity contribution in [1.82, 2.24) is 24.6 Å². The van der Waals surface area contributed by atoms with Gasteiger partial charge in [-0.2, -0.15) is 14.9 Å². The quantitative estimate of drug-likeness (QED) is 0.408. The van der Waals surface area contributed by atoms with Crippen LogP contribution in [0.15, 0.2) is 36.4 Å². The van der Waals surface area contributed by atoms with Crippen molar-refractivity contribution in [1.29, 1.82) is 5.26 Å². The van der Waals surface area contributed by atoms with Gasteiger partial charge in [0.05, 0.1) is 38.1 Å². The summed E-state index contributed by atoms with van der Waals surface area (Å²) in [5, 5.41) is 16.6. The highest BCUT2D eigenvalue weighted by atomic mass is 16.5. The van der Waals surface area contributed by atoms with Crippen molar-refractivity contribution in [3.05, 3.63) is 42.0 Å². The molecule has 3 aromatic rings. The number of nitriles is 1. The van der Waals surface area contributed by atoms with Gasteiger partial charge in [-0.3, -0.25) is 0 Å². The molecule has 0 unspecified atom stereocenters. The van der Waals surface area contributed by atoms with Gasteiger partial charge >= 0.3 is 0 Å². The molecule has 0 atom stereocenters. The maximum Gasteiger partial charge on any atom is 0.248 e. The molecule has 1 saturated heterocycles. The number of anilines is 3. The second kappa shape index (κ2) is 11.6. The zero-order valence-corrected chi connectivity index (χ0v) is 20.9. The van der Waals surface area contributed by atoms with E-state index in [0.29, 0.717) is 46.7 Å². The number of nitrogens with two attached hydrogens (primary N) is 1. The zero-order chi connectivity index (χ0) is 25.5. The number of ether oxygens (including phenoxy) is 3.